The number of fused-ring (bicyclic) bond motifs is 2. The van der Waals surface area contributed by atoms with Gasteiger partial charge in [-0.25, -0.2) is 22.8 Å². The maximum atomic E-state index is 14.0. The van der Waals surface area contributed by atoms with Crippen molar-refractivity contribution in [2.45, 2.75) is 225 Å². The maximum absolute atomic E-state index is 14.0. The number of aliphatic hydroxyl groups excluding tert-OH is 2. The van der Waals surface area contributed by atoms with Crippen LogP contribution in [0.1, 0.15) is 177 Å². The standard InChI is InChI=1S/C71H100N4O17S2.Na/c1-67(2,3)90-64(78)72-59-61(77)60(76)56(88-63(59)89-66(80)92-69(7,8)9)47-73(65(79)91-68(4,5)6)41-23-20-28-48-29-26-32-51(46-48)87-62-49(37-39-57-70(10,11)52-33-16-18-35-54(52)74(57)42-21-14-24-44-93(81,82)83)30-27-31-50(62)38-40-58-71(12,13)53-34-17-19-36-55(53)75(58)43-22-15-25-45-94(84,85)86;/h16-19,26,29,32-40,46,56,59-61,63,76-77H,14-15,20-25,27-28,30-31,41-45,47H2,1-13H3,(H2-,72,78,81,82,83,84,85,86);/q;+1/t56-,59-,60-,61-,63+;/m1./s1. The van der Waals surface area contributed by atoms with Gasteiger partial charge < -0.3 is 58.3 Å². The number of alkyl carbamates (subject to hydrolysis) is 1. The Balaban J connectivity index is 0.0000143. The minimum atomic E-state index is -4.32. The molecular weight excluding hydrogens is 1270 g/mol. The Morgan fingerprint density at radius 3 is 2.07 bits per heavy atom. The molecule has 3 heterocycles. The number of para-hydroxylation sites is 2. The summed E-state index contributed by atoms with van der Waals surface area (Å²) < 4.78 is 105. The van der Waals surface area contributed by atoms with Crippen molar-refractivity contribution in [1.82, 2.24) is 10.2 Å². The molecule has 3 aromatic rings. The van der Waals surface area contributed by atoms with E-state index in [0.29, 0.717) is 76.6 Å². The number of hydrogen-bond acceptors (Lipinski definition) is 17. The summed E-state index contributed by atoms with van der Waals surface area (Å²) in [5, 5.41) is 25.6. The van der Waals surface area contributed by atoms with Crippen molar-refractivity contribution in [3.05, 3.63) is 136 Å². The van der Waals surface area contributed by atoms with E-state index >= 15 is 0 Å². The molecule has 1 saturated heterocycles. The van der Waals surface area contributed by atoms with Crippen LogP contribution in [-0.2, 0) is 61.2 Å². The molecule has 24 heteroatoms. The average molecular weight is 1370 g/mol. The molecule has 21 nitrogen and oxygen atoms in total. The van der Waals surface area contributed by atoms with Gasteiger partial charge in [-0.2, -0.15) is 13.0 Å². The SMILES string of the molecule is CC(C)(C)OC(=O)N[C@H]1[C@H](OC(=O)OC(C)(C)C)O[C@H](CN(CCCCc2cccc(OC3=C(C=CC4=[N+](CCCCCS(=O)(=O)[O-])c5ccccc5C4(C)C)CCCC3=CC=C3N(CCCCCS(=O)(=O)O)c4ccccc4C3(C)C)c2)C(=O)OC(C)(C)C)[C@@H](O)[C@@H]1O.[Na+]. The summed E-state index contributed by atoms with van der Waals surface area (Å²) in [5.74, 6) is 0.646. The van der Waals surface area contributed by atoms with Crippen molar-refractivity contribution in [2.75, 3.05) is 42.6 Å². The fourth-order valence-electron chi connectivity index (χ4n) is 12.4. The minimum absolute atomic E-state index is 0. The minimum Gasteiger partial charge on any atom is -0.748 e. The van der Waals surface area contributed by atoms with Crippen LogP contribution in [0.3, 0.4) is 0 Å². The molecule has 1 fully saturated rings. The van der Waals surface area contributed by atoms with Crippen LogP contribution in [0, 0.1) is 0 Å². The van der Waals surface area contributed by atoms with Crippen LogP contribution in [-0.4, -0.2) is 155 Å². The summed E-state index contributed by atoms with van der Waals surface area (Å²) in [7, 11) is -8.39. The molecule has 0 unspecified atom stereocenters. The third-order valence-corrected chi connectivity index (χ3v) is 18.4. The number of carbonyl (C=O) groups excluding carboxylic acids is 3. The van der Waals surface area contributed by atoms with Crippen LogP contribution in [0.4, 0.5) is 25.8 Å². The maximum Gasteiger partial charge on any atom is 1.00 e. The van der Waals surface area contributed by atoms with Crippen molar-refractivity contribution in [1.29, 1.82) is 0 Å². The van der Waals surface area contributed by atoms with Crippen molar-refractivity contribution >= 4 is 55.7 Å². The third kappa shape index (κ3) is 22.7. The number of aryl methyl sites for hydroxylation is 1. The first-order valence-corrected chi connectivity index (χ1v) is 36.0. The largest absolute Gasteiger partial charge is 1.00 e. The van der Waals surface area contributed by atoms with Crippen LogP contribution in [0.25, 0.3) is 0 Å². The first kappa shape index (κ1) is 78.4. The molecule has 518 valence electrons. The van der Waals surface area contributed by atoms with E-state index in [4.69, 9.17) is 28.4 Å². The van der Waals surface area contributed by atoms with Gasteiger partial charge in [0.25, 0.3) is 10.1 Å². The number of nitrogens with zero attached hydrogens (tertiary/aromatic N) is 3. The smallest absolute Gasteiger partial charge is 0.748 e. The number of amides is 2. The zero-order valence-corrected chi connectivity index (χ0v) is 61.7. The summed E-state index contributed by atoms with van der Waals surface area (Å²) in [6.07, 6.45) is 6.46. The number of unbranched alkanes of at least 4 members (excludes halogenated alkanes) is 5. The van der Waals surface area contributed by atoms with E-state index in [1.54, 1.807) is 62.3 Å². The normalized spacial score (nSPS) is 21.3. The van der Waals surface area contributed by atoms with E-state index in [1.807, 2.05) is 48.5 Å². The fourth-order valence-corrected chi connectivity index (χ4v) is 13.5. The molecule has 0 spiro atoms. The van der Waals surface area contributed by atoms with Crippen molar-refractivity contribution in [2.24, 2.45) is 0 Å². The van der Waals surface area contributed by atoms with Gasteiger partial charge in [-0.05, 0) is 193 Å². The predicted molar refractivity (Wildman–Crippen MR) is 360 cm³/mol. The van der Waals surface area contributed by atoms with Gasteiger partial charge in [0.15, 0.2) is 5.71 Å². The predicted octanol–water partition coefficient (Wildman–Crippen LogP) is 9.37. The molecule has 5 atom stereocenters. The van der Waals surface area contributed by atoms with Crippen molar-refractivity contribution in [3.8, 4) is 5.75 Å². The molecule has 95 heavy (non-hydrogen) atoms. The number of nitrogens with one attached hydrogen (secondary N) is 1. The van der Waals surface area contributed by atoms with Crippen molar-refractivity contribution in [3.63, 3.8) is 0 Å². The van der Waals surface area contributed by atoms with Crippen LogP contribution < -0.4 is 44.5 Å². The molecule has 4 N–H and O–H groups in total. The first-order valence-electron chi connectivity index (χ1n) is 32.8. The van der Waals surface area contributed by atoms with Crippen LogP contribution >= 0.6 is 0 Å². The zero-order chi connectivity index (χ0) is 69.2. The van der Waals surface area contributed by atoms with Gasteiger partial charge in [0.1, 0.15) is 59.2 Å². The average Bonchev–Trinajstić information content (AvgIpc) is 1.61. The van der Waals surface area contributed by atoms with Crippen molar-refractivity contribution < 1.29 is 113 Å². The number of carbonyl (C=O) groups is 3. The van der Waals surface area contributed by atoms with Gasteiger partial charge in [0, 0.05) is 59.8 Å². The van der Waals surface area contributed by atoms with Gasteiger partial charge in [-0.15, -0.1) is 0 Å². The molecule has 0 radical (unpaired) electrons. The van der Waals surface area contributed by atoms with E-state index in [-0.39, 0.29) is 54.8 Å². The molecule has 4 aliphatic rings. The van der Waals surface area contributed by atoms with Crippen LogP contribution in [0.2, 0.25) is 0 Å². The monoisotopic (exact) mass is 1370 g/mol. The van der Waals surface area contributed by atoms with Gasteiger partial charge >= 0.3 is 47.9 Å². The van der Waals surface area contributed by atoms with Crippen LogP contribution in [0.15, 0.2) is 120 Å². The van der Waals surface area contributed by atoms with E-state index in [2.05, 4.69) is 91.1 Å². The van der Waals surface area contributed by atoms with Crippen LogP contribution in [0.5, 0.6) is 5.75 Å². The molecule has 1 aliphatic carbocycles. The second kappa shape index (κ2) is 32.8. The second-order valence-electron chi connectivity index (χ2n) is 28.8. The molecule has 7 rings (SSSR count). The summed E-state index contributed by atoms with van der Waals surface area (Å²) in [6, 6.07) is 23.0. The molecular formula is C71H100N4NaO17S2+. The Labute approximate surface area is 585 Å². The Hall–Kier alpha value is -5.60. The first-order chi connectivity index (χ1) is 43.8. The number of rotatable bonds is 26. The summed E-state index contributed by atoms with van der Waals surface area (Å²) in [6.45, 7) is 24.9. The summed E-state index contributed by atoms with van der Waals surface area (Å²) >= 11 is 0. The van der Waals surface area contributed by atoms with Gasteiger partial charge in [0.05, 0.1) is 27.8 Å². The van der Waals surface area contributed by atoms with Gasteiger partial charge in [-0.3, -0.25) is 4.55 Å². The Bertz CT molecular complexity index is 3580. The molecule has 0 saturated carbocycles. The number of ether oxygens (including phenoxy) is 6. The topological polar surface area (TPSA) is 280 Å². The number of aliphatic hydroxyl groups is 2. The number of benzene rings is 3. The van der Waals surface area contributed by atoms with E-state index in [0.717, 1.165) is 63.7 Å². The van der Waals surface area contributed by atoms with Gasteiger partial charge in [0.2, 0.25) is 12.0 Å². The summed E-state index contributed by atoms with van der Waals surface area (Å²) in [5.41, 5.74) is 5.96. The molecule has 0 bridgehead atoms. The second-order valence-corrected chi connectivity index (χ2v) is 31.9. The summed E-state index contributed by atoms with van der Waals surface area (Å²) in [4.78, 5) is 43.7. The van der Waals surface area contributed by atoms with E-state index in [9.17, 15) is 50.5 Å². The van der Waals surface area contributed by atoms with E-state index < -0.39 is 103 Å². The van der Waals surface area contributed by atoms with Gasteiger partial charge in [-0.1, -0.05) is 74.9 Å². The molecule has 2 amide bonds. The zero-order valence-electron chi connectivity index (χ0n) is 58.1. The number of anilines is 1. The molecule has 3 aliphatic heterocycles. The Morgan fingerprint density at radius 2 is 1.40 bits per heavy atom. The quantitative estimate of drug-likeness (QED) is 0.0145. The molecule has 3 aromatic carbocycles. The van der Waals surface area contributed by atoms with E-state index in [1.165, 1.54) is 10.5 Å². The third-order valence-electron chi connectivity index (χ3n) is 16.8. The fraction of sp³-hybridized carbons (Fsp3) is 0.577. The number of hydrogen-bond donors (Lipinski definition) is 4. The Morgan fingerprint density at radius 1 is 0.747 bits per heavy atom. The molecule has 0 aromatic heterocycles. The number of allylic oxidation sites excluding steroid dienone is 7. The Kier molecular flexibility index (Phi) is 27.1.